The van der Waals surface area contributed by atoms with E-state index in [0.29, 0.717) is 13.1 Å². The van der Waals surface area contributed by atoms with E-state index in [1.165, 1.54) is 0 Å². The van der Waals surface area contributed by atoms with Gasteiger partial charge in [-0.15, -0.1) is 0 Å². The van der Waals surface area contributed by atoms with E-state index >= 15 is 0 Å². The number of nitrogens with zero attached hydrogens (tertiary/aromatic N) is 2. The zero-order valence-corrected chi connectivity index (χ0v) is 14.7. The first-order chi connectivity index (χ1) is 12.0. The van der Waals surface area contributed by atoms with E-state index in [-0.39, 0.29) is 18.0 Å². The predicted molar refractivity (Wildman–Crippen MR) is 97.2 cm³/mol. The third-order valence-electron chi connectivity index (χ3n) is 4.83. The molecule has 1 aliphatic heterocycles. The maximum absolute atomic E-state index is 12.8. The minimum Gasteiger partial charge on any atom is -0.391 e. The number of aryl methyl sites for hydroxylation is 1. The highest BCUT2D eigenvalue weighted by Crippen LogP contribution is 2.23. The second kappa shape index (κ2) is 7.66. The molecule has 1 aliphatic rings. The van der Waals surface area contributed by atoms with Crippen LogP contribution in [0.5, 0.6) is 0 Å². The van der Waals surface area contributed by atoms with Gasteiger partial charge in [-0.25, -0.2) is 4.79 Å². The lowest BCUT2D eigenvalue weighted by Gasteiger charge is -2.35. The van der Waals surface area contributed by atoms with Crippen LogP contribution in [0, 0.1) is 12.8 Å². The van der Waals surface area contributed by atoms with Crippen molar-refractivity contribution in [2.75, 3.05) is 13.1 Å². The summed E-state index contributed by atoms with van der Waals surface area (Å²) in [5.74, 6) is 0.229. The molecule has 2 heterocycles. The van der Waals surface area contributed by atoms with Crippen molar-refractivity contribution in [3.8, 4) is 0 Å². The Bertz CT molecular complexity index is 720. The molecule has 0 bridgehead atoms. The average molecular weight is 339 g/mol. The van der Waals surface area contributed by atoms with Crippen LogP contribution in [-0.2, 0) is 0 Å². The maximum Gasteiger partial charge on any atom is 0.318 e. The van der Waals surface area contributed by atoms with Crippen LogP contribution < -0.4 is 5.32 Å². The average Bonchev–Trinajstić information content (AvgIpc) is 2.62. The van der Waals surface area contributed by atoms with E-state index in [1.54, 1.807) is 11.1 Å². The Morgan fingerprint density at radius 1 is 1.32 bits per heavy atom. The van der Waals surface area contributed by atoms with Crippen LogP contribution in [0.3, 0.4) is 0 Å². The Morgan fingerprint density at radius 3 is 2.84 bits per heavy atom. The molecule has 3 rings (SSSR count). The summed E-state index contributed by atoms with van der Waals surface area (Å²) in [7, 11) is 0. The Hall–Kier alpha value is -2.40. The van der Waals surface area contributed by atoms with Crippen LogP contribution in [0.4, 0.5) is 4.79 Å². The fourth-order valence-corrected chi connectivity index (χ4v) is 3.17. The molecule has 0 saturated carbocycles. The largest absolute Gasteiger partial charge is 0.391 e. The van der Waals surface area contributed by atoms with Gasteiger partial charge in [0.05, 0.1) is 17.8 Å². The number of pyridine rings is 1. The third kappa shape index (κ3) is 4.17. The summed E-state index contributed by atoms with van der Waals surface area (Å²) in [5, 5.41) is 13.2. The predicted octanol–water partition coefficient (Wildman–Crippen LogP) is 2.89. The van der Waals surface area contributed by atoms with Crippen molar-refractivity contribution in [3.63, 3.8) is 0 Å². The maximum atomic E-state index is 12.8. The Kier molecular flexibility index (Phi) is 5.34. The van der Waals surface area contributed by atoms with Gasteiger partial charge in [-0.05, 0) is 37.0 Å². The highest BCUT2D eigenvalue weighted by atomic mass is 16.3. The number of amides is 2. The van der Waals surface area contributed by atoms with Crippen molar-refractivity contribution in [2.45, 2.75) is 32.4 Å². The van der Waals surface area contributed by atoms with Crippen molar-refractivity contribution in [1.82, 2.24) is 15.2 Å². The summed E-state index contributed by atoms with van der Waals surface area (Å²) in [6.07, 6.45) is 2.08. The summed E-state index contributed by atoms with van der Waals surface area (Å²) in [6, 6.07) is 13.3. The van der Waals surface area contributed by atoms with Gasteiger partial charge in [0.15, 0.2) is 0 Å². The van der Waals surface area contributed by atoms with E-state index in [1.807, 2.05) is 50.2 Å². The minimum absolute atomic E-state index is 0.164. The molecule has 1 aromatic heterocycles. The molecular formula is C20H25N3O2. The topological polar surface area (TPSA) is 65.5 Å². The fraction of sp³-hybridized carbons (Fsp3) is 0.400. The highest BCUT2D eigenvalue weighted by molar-refractivity contribution is 5.75. The van der Waals surface area contributed by atoms with Gasteiger partial charge in [0.2, 0.25) is 0 Å². The van der Waals surface area contributed by atoms with Crippen molar-refractivity contribution < 1.29 is 9.90 Å². The molecule has 2 amide bonds. The van der Waals surface area contributed by atoms with Crippen molar-refractivity contribution >= 4 is 6.03 Å². The van der Waals surface area contributed by atoms with E-state index in [2.05, 4.69) is 16.4 Å². The number of nitrogens with one attached hydrogen (secondary N) is 1. The molecule has 1 fully saturated rings. The molecule has 3 atom stereocenters. The first-order valence-corrected chi connectivity index (χ1v) is 8.75. The van der Waals surface area contributed by atoms with Crippen LogP contribution in [0.15, 0.2) is 48.7 Å². The zero-order valence-electron chi connectivity index (χ0n) is 14.7. The first-order valence-electron chi connectivity index (χ1n) is 8.75. The lowest BCUT2D eigenvalue weighted by Crippen LogP contribution is -2.50. The number of urea groups is 1. The van der Waals surface area contributed by atoms with Crippen LogP contribution in [-0.4, -0.2) is 40.2 Å². The minimum atomic E-state index is -0.466. The summed E-state index contributed by atoms with van der Waals surface area (Å²) in [5.41, 5.74) is 2.93. The standard InChI is InChI=1S/C20H25N3O2/c1-14-6-5-7-16(12-14)19(17-8-3-4-10-21-17)22-20(25)23-11-9-15(2)18(24)13-23/h3-8,10,12,15,18-19,24H,9,11,13H2,1-2H3,(H,22,25). The lowest BCUT2D eigenvalue weighted by molar-refractivity contribution is 0.0432. The molecule has 2 N–H and O–H groups in total. The number of hydrogen-bond donors (Lipinski definition) is 2. The van der Waals surface area contributed by atoms with E-state index in [9.17, 15) is 9.90 Å². The van der Waals surface area contributed by atoms with E-state index < -0.39 is 6.10 Å². The number of piperidine rings is 1. The Labute approximate surface area is 148 Å². The molecule has 25 heavy (non-hydrogen) atoms. The van der Waals surface area contributed by atoms with Crippen molar-refractivity contribution in [1.29, 1.82) is 0 Å². The molecule has 1 saturated heterocycles. The van der Waals surface area contributed by atoms with Gasteiger partial charge >= 0.3 is 6.03 Å². The normalized spacial score (nSPS) is 21.6. The molecule has 3 unspecified atom stereocenters. The van der Waals surface area contributed by atoms with Crippen LogP contribution in [0.1, 0.15) is 36.2 Å². The number of hydrogen-bond acceptors (Lipinski definition) is 3. The van der Waals surface area contributed by atoms with Gasteiger partial charge in [0.25, 0.3) is 0 Å². The fourth-order valence-electron chi connectivity index (χ4n) is 3.17. The lowest BCUT2D eigenvalue weighted by atomic mass is 9.96. The molecule has 5 nitrogen and oxygen atoms in total. The Balaban J connectivity index is 1.82. The van der Waals surface area contributed by atoms with Crippen molar-refractivity contribution in [2.24, 2.45) is 5.92 Å². The number of carbonyl (C=O) groups excluding carboxylic acids is 1. The smallest absolute Gasteiger partial charge is 0.318 e. The highest BCUT2D eigenvalue weighted by Gasteiger charge is 2.29. The molecule has 1 aromatic carbocycles. The van der Waals surface area contributed by atoms with Gasteiger partial charge in [-0.2, -0.15) is 0 Å². The number of likely N-dealkylation sites (tertiary alicyclic amines) is 1. The monoisotopic (exact) mass is 339 g/mol. The molecule has 0 aliphatic carbocycles. The zero-order chi connectivity index (χ0) is 17.8. The number of aliphatic hydroxyl groups is 1. The summed E-state index contributed by atoms with van der Waals surface area (Å²) in [4.78, 5) is 18.9. The van der Waals surface area contributed by atoms with Crippen LogP contribution in [0.2, 0.25) is 0 Å². The summed E-state index contributed by atoms with van der Waals surface area (Å²) >= 11 is 0. The number of rotatable bonds is 3. The van der Waals surface area contributed by atoms with Gasteiger partial charge in [0.1, 0.15) is 0 Å². The molecule has 5 heteroatoms. The molecular weight excluding hydrogens is 314 g/mol. The number of carbonyl (C=O) groups is 1. The van der Waals surface area contributed by atoms with Gasteiger partial charge in [-0.3, -0.25) is 4.98 Å². The Morgan fingerprint density at radius 2 is 2.16 bits per heavy atom. The summed E-state index contributed by atoms with van der Waals surface area (Å²) < 4.78 is 0. The third-order valence-corrected chi connectivity index (χ3v) is 4.83. The van der Waals surface area contributed by atoms with E-state index in [0.717, 1.165) is 23.2 Å². The summed E-state index contributed by atoms with van der Waals surface area (Å²) in [6.45, 7) is 5.08. The second-order valence-corrected chi connectivity index (χ2v) is 6.83. The van der Waals surface area contributed by atoms with Crippen LogP contribution >= 0.6 is 0 Å². The van der Waals surface area contributed by atoms with Gasteiger partial charge in [-0.1, -0.05) is 42.8 Å². The number of aliphatic hydroxyl groups excluding tert-OH is 1. The quantitative estimate of drug-likeness (QED) is 0.904. The first kappa shape index (κ1) is 17.4. The van der Waals surface area contributed by atoms with Gasteiger partial charge in [0, 0.05) is 19.3 Å². The molecule has 0 spiro atoms. The number of aromatic nitrogens is 1. The SMILES string of the molecule is Cc1cccc(C(NC(=O)N2CCC(C)C(O)C2)c2ccccn2)c1. The number of β-amino-alcohol motifs (C(OH)–C–C–N with tert-alkyl or cyclic N) is 1. The molecule has 0 radical (unpaired) electrons. The van der Waals surface area contributed by atoms with Crippen LogP contribution in [0.25, 0.3) is 0 Å². The molecule has 132 valence electrons. The van der Waals surface area contributed by atoms with Crippen molar-refractivity contribution in [3.05, 3.63) is 65.5 Å². The molecule has 2 aromatic rings. The second-order valence-electron chi connectivity index (χ2n) is 6.83. The van der Waals surface area contributed by atoms with E-state index in [4.69, 9.17) is 0 Å². The van der Waals surface area contributed by atoms with Gasteiger partial charge < -0.3 is 15.3 Å². The number of benzene rings is 1.